The van der Waals surface area contributed by atoms with Crippen molar-refractivity contribution in [3.8, 4) is 0 Å². The molecule has 0 saturated heterocycles. The molecule has 0 amide bonds. The summed E-state index contributed by atoms with van der Waals surface area (Å²) >= 11 is 0. The SMILES string of the molecule is CCOC(=O)c1cnc2c(CC)cccc2c1Nc1cccc([N+](=O)[O-])c1. The number of hydrogen-bond acceptors (Lipinski definition) is 6. The molecule has 1 N–H and O–H groups in total. The van der Waals surface area contributed by atoms with Gasteiger partial charge in [0.15, 0.2) is 0 Å². The molecule has 138 valence electrons. The summed E-state index contributed by atoms with van der Waals surface area (Å²) in [5, 5.41) is 15.0. The van der Waals surface area contributed by atoms with Gasteiger partial charge in [-0.15, -0.1) is 0 Å². The van der Waals surface area contributed by atoms with Crippen LogP contribution in [0.2, 0.25) is 0 Å². The van der Waals surface area contributed by atoms with Crippen molar-refractivity contribution in [1.82, 2.24) is 4.98 Å². The third kappa shape index (κ3) is 3.72. The summed E-state index contributed by atoms with van der Waals surface area (Å²) in [6.45, 7) is 4.00. The average molecular weight is 365 g/mol. The molecule has 7 heteroatoms. The summed E-state index contributed by atoms with van der Waals surface area (Å²) in [4.78, 5) is 27.5. The highest BCUT2D eigenvalue weighted by Gasteiger charge is 2.18. The fourth-order valence-corrected chi connectivity index (χ4v) is 2.91. The van der Waals surface area contributed by atoms with Gasteiger partial charge in [0, 0.05) is 29.4 Å². The van der Waals surface area contributed by atoms with Crippen LogP contribution in [0.15, 0.2) is 48.7 Å². The summed E-state index contributed by atoms with van der Waals surface area (Å²) in [7, 11) is 0. The first kappa shape index (κ1) is 18.3. The zero-order valence-corrected chi connectivity index (χ0v) is 15.1. The second-order valence-corrected chi connectivity index (χ2v) is 5.87. The second-order valence-electron chi connectivity index (χ2n) is 5.87. The second kappa shape index (κ2) is 7.82. The van der Waals surface area contributed by atoms with Crippen LogP contribution in [-0.2, 0) is 11.2 Å². The Kier molecular flexibility index (Phi) is 5.30. The number of carbonyl (C=O) groups is 1. The van der Waals surface area contributed by atoms with Crippen molar-refractivity contribution in [2.24, 2.45) is 0 Å². The van der Waals surface area contributed by atoms with Crippen molar-refractivity contribution >= 4 is 33.9 Å². The van der Waals surface area contributed by atoms with Crippen LogP contribution in [0.1, 0.15) is 29.8 Å². The summed E-state index contributed by atoms with van der Waals surface area (Å²) in [5.74, 6) is -0.498. The van der Waals surface area contributed by atoms with Gasteiger partial charge in [-0.25, -0.2) is 4.79 Å². The fraction of sp³-hybridized carbons (Fsp3) is 0.200. The maximum atomic E-state index is 12.4. The molecule has 0 bridgehead atoms. The van der Waals surface area contributed by atoms with Crippen molar-refractivity contribution in [2.45, 2.75) is 20.3 Å². The molecular formula is C20H19N3O4. The number of ether oxygens (including phenoxy) is 1. The zero-order chi connectivity index (χ0) is 19.4. The molecular weight excluding hydrogens is 346 g/mol. The van der Waals surface area contributed by atoms with Gasteiger partial charge in [-0.1, -0.05) is 31.2 Å². The molecule has 0 unspecified atom stereocenters. The average Bonchev–Trinajstić information content (AvgIpc) is 2.68. The monoisotopic (exact) mass is 365 g/mol. The van der Waals surface area contributed by atoms with Gasteiger partial charge in [0.25, 0.3) is 5.69 Å². The number of benzene rings is 2. The van der Waals surface area contributed by atoms with Crippen LogP contribution in [-0.4, -0.2) is 22.5 Å². The van der Waals surface area contributed by atoms with Crippen molar-refractivity contribution in [3.05, 3.63) is 69.9 Å². The molecule has 0 radical (unpaired) electrons. The Balaban J connectivity index is 2.18. The van der Waals surface area contributed by atoms with Gasteiger partial charge in [-0.05, 0) is 25.0 Å². The van der Waals surface area contributed by atoms with E-state index in [1.165, 1.54) is 18.3 Å². The van der Waals surface area contributed by atoms with E-state index in [9.17, 15) is 14.9 Å². The minimum atomic E-state index is -0.498. The predicted octanol–water partition coefficient (Wildman–Crippen LogP) is 4.63. The van der Waals surface area contributed by atoms with Gasteiger partial charge in [0.2, 0.25) is 0 Å². The van der Waals surface area contributed by atoms with Gasteiger partial charge < -0.3 is 10.1 Å². The number of nitrogens with zero attached hydrogens (tertiary/aromatic N) is 2. The molecule has 27 heavy (non-hydrogen) atoms. The summed E-state index contributed by atoms with van der Waals surface area (Å²) in [5.41, 5.74) is 3.10. The number of pyridine rings is 1. The van der Waals surface area contributed by atoms with Crippen LogP contribution >= 0.6 is 0 Å². The largest absolute Gasteiger partial charge is 0.462 e. The van der Waals surface area contributed by atoms with Crippen LogP contribution in [0.25, 0.3) is 10.9 Å². The number of nitro groups is 1. The van der Waals surface area contributed by atoms with Crippen molar-refractivity contribution in [1.29, 1.82) is 0 Å². The first-order chi connectivity index (χ1) is 13.0. The number of esters is 1. The molecule has 1 heterocycles. The minimum Gasteiger partial charge on any atom is -0.462 e. The number of nitrogens with one attached hydrogen (secondary N) is 1. The Labute approximate surface area is 156 Å². The van der Waals surface area contributed by atoms with Crippen LogP contribution in [0.4, 0.5) is 17.1 Å². The molecule has 3 aromatic rings. The van der Waals surface area contributed by atoms with Gasteiger partial charge in [0.05, 0.1) is 22.7 Å². The standard InChI is InChI=1S/C20H19N3O4/c1-3-13-7-5-10-16-18(13)21-12-17(20(24)27-4-2)19(16)22-14-8-6-9-15(11-14)23(25)26/h5-12H,3-4H2,1-2H3,(H,21,22). The third-order valence-corrected chi connectivity index (χ3v) is 4.18. The van der Waals surface area contributed by atoms with Crippen LogP contribution in [0, 0.1) is 10.1 Å². The number of nitro benzene ring substituents is 1. The molecule has 0 spiro atoms. The Morgan fingerprint density at radius 2 is 2.00 bits per heavy atom. The lowest BCUT2D eigenvalue weighted by atomic mass is 10.0. The van der Waals surface area contributed by atoms with E-state index in [0.717, 1.165) is 22.9 Å². The topological polar surface area (TPSA) is 94.4 Å². The lowest BCUT2D eigenvalue weighted by molar-refractivity contribution is -0.384. The normalized spacial score (nSPS) is 10.6. The molecule has 2 aromatic carbocycles. The molecule has 0 atom stereocenters. The molecule has 0 fully saturated rings. The number of hydrogen-bond donors (Lipinski definition) is 1. The molecule has 0 aliphatic rings. The van der Waals surface area contributed by atoms with Crippen molar-refractivity contribution < 1.29 is 14.5 Å². The number of fused-ring (bicyclic) bond motifs is 1. The fourth-order valence-electron chi connectivity index (χ4n) is 2.91. The van der Waals surface area contributed by atoms with E-state index in [-0.39, 0.29) is 17.9 Å². The predicted molar refractivity (Wildman–Crippen MR) is 103 cm³/mol. The lowest BCUT2D eigenvalue weighted by Gasteiger charge is -2.15. The smallest absolute Gasteiger partial charge is 0.341 e. The highest BCUT2D eigenvalue weighted by molar-refractivity contribution is 6.06. The first-order valence-electron chi connectivity index (χ1n) is 8.64. The number of aryl methyl sites for hydroxylation is 1. The quantitative estimate of drug-likeness (QED) is 0.389. The maximum Gasteiger partial charge on any atom is 0.341 e. The minimum absolute atomic E-state index is 0.0368. The summed E-state index contributed by atoms with van der Waals surface area (Å²) in [6, 6.07) is 11.9. The van der Waals surface area contributed by atoms with E-state index in [2.05, 4.69) is 10.3 Å². The molecule has 1 aromatic heterocycles. The summed E-state index contributed by atoms with van der Waals surface area (Å²) < 4.78 is 5.15. The lowest BCUT2D eigenvalue weighted by Crippen LogP contribution is -2.09. The van der Waals surface area contributed by atoms with E-state index in [0.29, 0.717) is 11.4 Å². The van der Waals surface area contributed by atoms with E-state index >= 15 is 0 Å². The first-order valence-corrected chi connectivity index (χ1v) is 8.64. The van der Waals surface area contributed by atoms with Gasteiger partial charge in [-0.3, -0.25) is 15.1 Å². The Morgan fingerprint density at radius 1 is 1.22 bits per heavy atom. The number of rotatable bonds is 6. The molecule has 0 aliphatic carbocycles. The third-order valence-electron chi connectivity index (χ3n) is 4.18. The summed E-state index contributed by atoms with van der Waals surface area (Å²) in [6.07, 6.45) is 2.28. The Hall–Kier alpha value is -3.48. The van der Waals surface area contributed by atoms with Crippen LogP contribution in [0.5, 0.6) is 0 Å². The van der Waals surface area contributed by atoms with E-state index in [1.54, 1.807) is 19.1 Å². The number of para-hydroxylation sites is 1. The molecule has 0 saturated carbocycles. The number of aromatic nitrogens is 1. The number of carbonyl (C=O) groups excluding carboxylic acids is 1. The van der Waals surface area contributed by atoms with Crippen molar-refractivity contribution in [2.75, 3.05) is 11.9 Å². The number of anilines is 2. The molecule has 3 rings (SSSR count). The maximum absolute atomic E-state index is 12.4. The highest BCUT2D eigenvalue weighted by Crippen LogP contribution is 2.32. The molecule has 7 nitrogen and oxygen atoms in total. The van der Waals surface area contributed by atoms with Gasteiger partial charge >= 0.3 is 5.97 Å². The van der Waals surface area contributed by atoms with Crippen molar-refractivity contribution in [3.63, 3.8) is 0 Å². The van der Waals surface area contributed by atoms with Crippen LogP contribution < -0.4 is 5.32 Å². The number of non-ortho nitro benzene ring substituents is 1. The zero-order valence-electron chi connectivity index (χ0n) is 15.1. The van der Waals surface area contributed by atoms with E-state index in [1.807, 2.05) is 25.1 Å². The Morgan fingerprint density at radius 3 is 2.70 bits per heavy atom. The Bertz CT molecular complexity index is 1020. The van der Waals surface area contributed by atoms with Crippen LogP contribution in [0.3, 0.4) is 0 Å². The molecule has 0 aliphatic heterocycles. The van der Waals surface area contributed by atoms with E-state index in [4.69, 9.17) is 4.74 Å². The van der Waals surface area contributed by atoms with Gasteiger partial charge in [-0.2, -0.15) is 0 Å². The van der Waals surface area contributed by atoms with Gasteiger partial charge in [0.1, 0.15) is 5.56 Å². The van der Waals surface area contributed by atoms with E-state index < -0.39 is 10.9 Å². The highest BCUT2D eigenvalue weighted by atomic mass is 16.6.